The number of aromatic nitrogens is 5. The molecule has 2 heterocycles. The number of rotatable bonds is 7. The largest absolute Gasteiger partial charge is 0.522 e. The predicted octanol–water partition coefficient (Wildman–Crippen LogP) is 0.0769. The third-order valence-electron chi connectivity index (χ3n) is 3.28. The average Bonchev–Trinajstić information content (AvgIpc) is 3.03. The van der Waals surface area contributed by atoms with Crippen molar-refractivity contribution in [2.45, 2.75) is 39.3 Å². The monoisotopic (exact) mass is 435 g/mol. The Kier molecular flexibility index (Phi) is 6.96. The summed E-state index contributed by atoms with van der Waals surface area (Å²) in [5, 5.41) is 12.1. The molecule has 0 radical (unpaired) electrons. The van der Waals surface area contributed by atoms with Gasteiger partial charge >= 0.3 is 18.1 Å². The molecule has 0 saturated carbocycles. The number of ether oxygens (including phenoxy) is 2. The van der Waals surface area contributed by atoms with E-state index in [4.69, 9.17) is 4.74 Å². The Balaban J connectivity index is 1.95. The fraction of sp³-hybridized carbons (Fsp3) is 0.600. The molecule has 166 valence electrons. The molecular weight excluding hydrogens is 415 g/mol. The predicted molar refractivity (Wildman–Crippen MR) is 93.6 cm³/mol. The highest BCUT2D eigenvalue weighted by Gasteiger charge is 2.29. The molecule has 30 heavy (non-hydrogen) atoms. The van der Waals surface area contributed by atoms with Crippen molar-refractivity contribution in [1.82, 2.24) is 35.0 Å². The summed E-state index contributed by atoms with van der Waals surface area (Å²) >= 11 is 0. The molecule has 0 aromatic carbocycles. The van der Waals surface area contributed by atoms with Crippen LogP contribution in [0.25, 0.3) is 5.65 Å². The second-order valence-electron chi connectivity index (χ2n) is 6.86. The van der Waals surface area contributed by atoms with E-state index in [1.54, 1.807) is 20.8 Å². The van der Waals surface area contributed by atoms with Crippen LogP contribution in [-0.2, 0) is 16.0 Å². The lowest BCUT2D eigenvalue weighted by Gasteiger charge is -2.19. The standard InChI is InChI=1S/C15H20F3N7O5/c1-14(2,3)30-12(27)20-5-4-19-11(26)9-10-22-23-25(6-7-29-15(16,17)18)13(28)24(10)8-21-9/h8H,4-7H2,1-3H3,(H,19,26)(H,20,27). The molecule has 0 aliphatic carbocycles. The minimum Gasteiger partial charge on any atom is -0.444 e. The zero-order chi connectivity index (χ0) is 22.5. The van der Waals surface area contributed by atoms with Gasteiger partial charge in [-0.3, -0.25) is 9.53 Å². The molecule has 2 aromatic rings. The molecule has 0 atom stereocenters. The van der Waals surface area contributed by atoms with Gasteiger partial charge in [-0.05, 0) is 20.8 Å². The van der Waals surface area contributed by atoms with Crippen LogP contribution >= 0.6 is 0 Å². The van der Waals surface area contributed by atoms with Gasteiger partial charge in [0.1, 0.15) is 11.9 Å². The van der Waals surface area contributed by atoms with E-state index in [0.29, 0.717) is 4.68 Å². The first-order valence-corrected chi connectivity index (χ1v) is 8.64. The highest BCUT2D eigenvalue weighted by Crippen LogP contribution is 2.15. The molecule has 12 nitrogen and oxygen atoms in total. The molecule has 2 amide bonds. The minimum absolute atomic E-state index is 0.0381. The first-order chi connectivity index (χ1) is 13.9. The van der Waals surface area contributed by atoms with Crippen molar-refractivity contribution in [3.8, 4) is 0 Å². The summed E-state index contributed by atoms with van der Waals surface area (Å²) in [6, 6.07) is 0. The topological polar surface area (TPSA) is 142 Å². The second-order valence-corrected chi connectivity index (χ2v) is 6.86. The Bertz CT molecular complexity index is 964. The van der Waals surface area contributed by atoms with E-state index in [9.17, 15) is 27.6 Å². The van der Waals surface area contributed by atoms with Gasteiger partial charge in [-0.2, -0.15) is 4.68 Å². The van der Waals surface area contributed by atoms with Crippen molar-refractivity contribution < 1.29 is 32.2 Å². The van der Waals surface area contributed by atoms with Crippen LogP contribution in [0.1, 0.15) is 31.3 Å². The fourth-order valence-corrected chi connectivity index (χ4v) is 2.12. The van der Waals surface area contributed by atoms with Crippen LogP contribution in [-0.4, -0.2) is 68.0 Å². The van der Waals surface area contributed by atoms with E-state index in [-0.39, 0.29) is 24.4 Å². The summed E-state index contributed by atoms with van der Waals surface area (Å²) < 4.78 is 46.2. The van der Waals surface area contributed by atoms with Gasteiger partial charge in [0.15, 0.2) is 11.3 Å². The van der Waals surface area contributed by atoms with Gasteiger partial charge < -0.3 is 15.4 Å². The van der Waals surface area contributed by atoms with E-state index >= 15 is 0 Å². The van der Waals surface area contributed by atoms with Gasteiger partial charge in [-0.15, -0.1) is 18.3 Å². The number of alkyl carbamates (subject to hydrolysis) is 1. The lowest BCUT2D eigenvalue weighted by Crippen LogP contribution is -2.38. The van der Waals surface area contributed by atoms with Crippen molar-refractivity contribution in [2.24, 2.45) is 0 Å². The number of hydrogen-bond donors (Lipinski definition) is 2. The number of carbonyl (C=O) groups excluding carboxylic acids is 2. The van der Waals surface area contributed by atoms with Gasteiger partial charge in [-0.1, -0.05) is 5.21 Å². The normalized spacial score (nSPS) is 12.1. The van der Waals surface area contributed by atoms with Crippen molar-refractivity contribution in [3.05, 3.63) is 22.5 Å². The number of amides is 2. The number of fused-ring (bicyclic) bond motifs is 1. The third kappa shape index (κ3) is 6.68. The quantitative estimate of drug-likeness (QED) is 0.583. The summed E-state index contributed by atoms with van der Waals surface area (Å²) in [7, 11) is 0. The molecule has 2 rings (SSSR count). The highest BCUT2D eigenvalue weighted by molar-refractivity contribution is 5.97. The zero-order valence-corrected chi connectivity index (χ0v) is 16.3. The van der Waals surface area contributed by atoms with E-state index in [0.717, 1.165) is 10.7 Å². The maximum Gasteiger partial charge on any atom is 0.522 e. The van der Waals surface area contributed by atoms with Crippen LogP contribution < -0.4 is 16.3 Å². The number of alkyl halides is 3. The van der Waals surface area contributed by atoms with Crippen LogP contribution in [0.5, 0.6) is 0 Å². The number of imidazole rings is 1. The van der Waals surface area contributed by atoms with Crippen molar-refractivity contribution >= 4 is 17.6 Å². The number of halogens is 3. The third-order valence-corrected chi connectivity index (χ3v) is 3.28. The fourth-order valence-electron chi connectivity index (χ4n) is 2.12. The SMILES string of the molecule is CC(C)(C)OC(=O)NCCNC(=O)c1ncn2c(=O)n(CCOC(F)(F)F)nnc12. The summed E-state index contributed by atoms with van der Waals surface area (Å²) in [5.74, 6) is -0.685. The first-order valence-electron chi connectivity index (χ1n) is 8.64. The van der Waals surface area contributed by atoms with E-state index in [1.807, 2.05) is 0 Å². The second kappa shape index (κ2) is 9.06. The van der Waals surface area contributed by atoms with Crippen molar-refractivity contribution in [2.75, 3.05) is 19.7 Å². The van der Waals surface area contributed by atoms with Gasteiger partial charge in [-0.25, -0.2) is 19.0 Å². The van der Waals surface area contributed by atoms with Gasteiger partial charge in [0, 0.05) is 13.1 Å². The molecule has 0 saturated heterocycles. The Hall–Kier alpha value is -3.23. The maximum absolute atomic E-state index is 12.2. The Morgan fingerprint density at radius 1 is 1.17 bits per heavy atom. The van der Waals surface area contributed by atoms with Gasteiger partial charge in [0.25, 0.3) is 5.91 Å². The lowest BCUT2D eigenvalue weighted by atomic mass is 10.2. The van der Waals surface area contributed by atoms with E-state index in [2.05, 4.69) is 30.7 Å². The maximum atomic E-state index is 12.2. The average molecular weight is 435 g/mol. The molecule has 0 unspecified atom stereocenters. The van der Waals surface area contributed by atoms with Crippen LogP contribution in [0.2, 0.25) is 0 Å². The summed E-state index contributed by atoms with van der Waals surface area (Å²) in [4.78, 5) is 39.8. The minimum atomic E-state index is -4.83. The Morgan fingerprint density at radius 3 is 2.47 bits per heavy atom. The number of hydrogen-bond acceptors (Lipinski definition) is 8. The molecule has 15 heteroatoms. The molecule has 2 aromatic heterocycles. The zero-order valence-electron chi connectivity index (χ0n) is 16.3. The summed E-state index contributed by atoms with van der Waals surface area (Å²) in [6.07, 6.45) is -4.48. The smallest absolute Gasteiger partial charge is 0.444 e. The molecule has 2 N–H and O–H groups in total. The summed E-state index contributed by atoms with van der Waals surface area (Å²) in [6.45, 7) is 3.89. The molecule has 0 aliphatic rings. The Morgan fingerprint density at radius 2 is 1.83 bits per heavy atom. The van der Waals surface area contributed by atoms with Gasteiger partial charge in [0.2, 0.25) is 0 Å². The first kappa shape index (κ1) is 23.1. The lowest BCUT2D eigenvalue weighted by molar-refractivity contribution is -0.325. The van der Waals surface area contributed by atoms with Crippen LogP contribution in [0.15, 0.2) is 11.1 Å². The molecule has 0 spiro atoms. The van der Waals surface area contributed by atoms with E-state index < -0.39 is 42.8 Å². The van der Waals surface area contributed by atoms with E-state index in [1.165, 1.54) is 0 Å². The van der Waals surface area contributed by atoms with Crippen molar-refractivity contribution in [1.29, 1.82) is 0 Å². The summed E-state index contributed by atoms with van der Waals surface area (Å²) in [5.41, 5.74) is -1.89. The molecule has 0 bridgehead atoms. The molecule has 0 aliphatic heterocycles. The van der Waals surface area contributed by atoms with Gasteiger partial charge in [0.05, 0.1) is 13.2 Å². The number of carbonyl (C=O) groups is 2. The van der Waals surface area contributed by atoms with Crippen LogP contribution in [0.4, 0.5) is 18.0 Å². The highest BCUT2D eigenvalue weighted by atomic mass is 19.4. The van der Waals surface area contributed by atoms with Crippen LogP contribution in [0, 0.1) is 0 Å². The van der Waals surface area contributed by atoms with Crippen LogP contribution in [0.3, 0.4) is 0 Å². The molecule has 0 fully saturated rings. The number of nitrogens with one attached hydrogen (secondary N) is 2. The Labute approximate surface area is 167 Å². The molecular formula is C15H20F3N7O5. The van der Waals surface area contributed by atoms with Crippen molar-refractivity contribution in [3.63, 3.8) is 0 Å². The number of nitrogens with zero attached hydrogens (tertiary/aromatic N) is 5.